The van der Waals surface area contributed by atoms with Gasteiger partial charge in [-0.1, -0.05) is 0 Å². The highest BCUT2D eigenvalue weighted by atomic mass is 16.5. The number of aromatic nitrogens is 2. The molecule has 0 saturated heterocycles. The molecule has 0 saturated carbocycles. The normalized spacial score (nSPS) is 10.8. The lowest BCUT2D eigenvalue weighted by atomic mass is 10.2. The van der Waals surface area contributed by atoms with Gasteiger partial charge in [-0.15, -0.1) is 0 Å². The van der Waals surface area contributed by atoms with Crippen LogP contribution in [-0.2, 0) is 0 Å². The van der Waals surface area contributed by atoms with Gasteiger partial charge in [0, 0.05) is 17.7 Å². The molecular weight excluding hydrogens is 286 g/mol. The second kappa shape index (κ2) is 4.96. The fourth-order valence-corrected chi connectivity index (χ4v) is 2.21. The second-order valence-corrected chi connectivity index (χ2v) is 4.69. The second-order valence-electron chi connectivity index (χ2n) is 4.69. The van der Waals surface area contributed by atoms with Crippen LogP contribution >= 0.6 is 0 Å². The van der Waals surface area contributed by atoms with E-state index in [4.69, 9.17) is 4.74 Å². The molecule has 2 aromatic carbocycles. The number of rotatable bonds is 3. The van der Waals surface area contributed by atoms with Crippen molar-refractivity contribution in [1.29, 1.82) is 0 Å². The van der Waals surface area contributed by atoms with Crippen LogP contribution in [0.3, 0.4) is 0 Å². The van der Waals surface area contributed by atoms with E-state index in [1.165, 1.54) is 19.2 Å². The monoisotopic (exact) mass is 299 g/mol. The maximum absolute atomic E-state index is 11.2. The highest BCUT2D eigenvalue weighted by Gasteiger charge is 2.15. The van der Waals surface area contributed by atoms with Crippen LogP contribution in [0.1, 0.15) is 0 Å². The molecule has 0 spiro atoms. The molecule has 0 bridgehead atoms. The summed E-state index contributed by atoms with van der Waals surface area (Å²) in [5.41, 5.74) is 1.76. The highest BCUT2D eigenvalue weighted by molar-refractivity contribution is 5.82. The standard InChI is InChI=1S/C15H13N3O4/c1-17(20)10-4-5-11-12(8-10)18(21)15(16-11)9-3-6-13(19)14(7-9)22-2/h3-8,19,21H,1H2,2H3. The van der Waals surface area contributed by atoms with Gasteiger partial charge < -0.3 is 20.3 Å². The summed E-state index contributed by atoms with van der Waals surface area (Å²) in [6.45, 7) is 3.26. The summed E-state index contributed by atoms with van der Waals surface area (Å²) in [6.07, 6.45) is 0. The SMILES string of the molecule is C=[N+]([O-])c1ccc2nc(-c3ccc(O)c(OC)c3)n(O)c2c1. The lowest BCUT2D eigenvalue weighted by molar-refractivity contribution is -0.349. The molecule has 22 heavy (non-hydrogen) atoms. The summed E-state index contributed by atoms with van der Waals surface area (Å²) in [7, 11) is 1.43. The van der Waals surface area contributed by atoms with Crippen molar-refractivity contribution < 1.29 is 19.8 Å². The van der Waals surface area contributed by atoms with Crippen molar-refractivity contribution in [3.05, 3.63) is 41.6 Å². The molecule has 7 heteroatoms. The average Bonchev–Trinajstić information content (AvgIpc) is 2.84. The Morgan fingerprint density at radius 1 is 1.27 bits per heavy atom. The van der Waals surface area contributed by atoms with E-state index in [0.29, 0.717) is 27.0 Å². The molecule has 0 aliphatic carbocycles. The molecule has 0 aliphatic heterocycles. The van der Waals surface area contributed by atoms with Gasteiger partial charge in [0.2, 0.25) is 5.69 Å². The smallest absolute Gasteiger partial charge is 0.218 e. The highest BCUT2D eigenvalue weighted by Crippen LogP contribution is 2.32. The van der Waals surface area contributed by atoms with Gasteiger partial charge in [-0.3, -0.25) is 0 Å². The molecule has 0 atom stereocenters. The molecular formula is C15H13N3O4. The van der Waals surface area contributed by atoms with E-state index in [2.05, 4.69) is 11.7 Å². The summed E-state index contributed by atoms with van der Waals surface area (Å²) in [5.74, 6) is 0.536. The van der Waals surface area contributed by atoms with E-state index in [9.17, 15) is 15.5 Å². The number of hydrogen-bond donors (Lipinski definition) is 2. The molecule has 0 unspecified atom stereocenters. The Hall–Kier alpha value is -3.22. The molecule has 1 aromatic heterocycles. The summed E-state index contributed by atoms with van der Waals surface area (Å²) in [6, 6.07) is 9.29. The Morgan fingerprint density at radius 2 is 2.05 bits per heavy atom. The first-order valence-corrected chi connectivity index (χ1v) is 6.38. The van der Waals surface area contributed by atoms with Crippen LogP contribution in [0.5, 0.6) is 11.5 Å². The maximum atomic E-state index is 11.2. The predicted molar refractivity (Wildman–Crippen MR) is 81.0 cm³/mol. The third-order valence-corrected chi connectivity index (χ3v) is 3.34. The van der Waals surface area contributed by atoms with Crippen LogP contribution in [0.4, 0.5) is 5.69 Å². The number of phenolic OH excluding ortho intramolecular Hbond substituents is 1. The number of imidazole rings is 1. The molecule has 0 amide bonds. The first-order valence-electron chi connectivity index (χ1n) is 6.38. The van der Waals surface area contributed by atoms with Crippen LogP contribution in [0.25, 0.3) is 22.4 Å². The van der Waals surface area contributed by atoms with Crippen LogP contribution in [0.2, 0.25) is 0 Å². The third kappa shape index (κ3) is 2.08. The Labute approximate surface area is 125 Å². The summed E-state index contributed by atoms with van der Waals surface area (Å²) < 4.78 is 6.38. The largest absolute Gasteiger partial charge is 0.619 e. The number of benzene rings is 2. The summed E-state index contributed by atoms with van der Waals surface area (Å²) >= 11 is 0. The van der Waals surface area contributed by atoms with Crippen molar-refractivity contribution >= 4 is 23.4 Å². The van der Waals surface area contributed by atoms with Crippen LogP contribution in [0, 0.1) is 5.21 Å². The molecule has 0 fully saturated rings. The first-order chi connectivity index (χ1) is 10.5. The van der Waals surface area contributed by atoms with Crippen molar-refractivity contribution in [2.45, 2.75) is 0 Å². The third-order valence-electron chi connectivity index (χ3n) is 3.34. The van der Waals surface area contributed by atoms with Gasteiger partial charge in [-0.25, -0.2) is 4.98 Å². The Kier molecular flexibility index (Phi) is 3.10. The lowest BCUT2D eigenvalue weighted by Crippen LogP contribution is -1.95. The maximum Gasteiger partial charge on any atom is 0.218 e. The molecule has 0 aliphatic rings. The number of methoxy groups -OCH3 is 1. The van der Waals surface area contributed by atoms with E-state index in [-0.39, 0.29) is 17.3 Å². The van der Waals surface area contributed by atoms with Gasteiger partial charge in [0.25, 0.3) is 0 Å². The Balaban J connectivity index is 2.19. The summed E-state index contributed by atoms with van der Waals surface area (Å²) in [4.78, 5) is 4.32. The minimum absolute atomic E-state index is 0.00630. The van der Waals surface area contributed by atoms with Crippen molar-refractivity contribution in [3.63, 3.8) is 0 Å². The lowest BCUT2D eigenvalue weighted by Gasteiger charge is -2.06. The molecule has 1 heterocycles. The van der Waals surface area contributed by atoms with Crippen molar-refractivity contribution in [2.75, 3.05) is 7.11 Å². The van der Waals surface area contributed by atoms with E-state index < -0.39 is 0 Å². The Morgan fingerprint density at radius 3 is 2.73 bits per heavy atom. The van der Waals surface area contributed by atoms with Gasteiger partial charge in [0.15, 0.2) is 17.3 Å². The minimum atomic E-state index is -0.00630. The number of hydrogen-bond acceptors (Lipinski definition) is 5. The van der Waals surface area contributed by atoms with Crippen LogP contribution in [0.15, 0.2) is 36.4 Å². The van der Waals surface area contributed by atoms with Gasteiger partial charge in [-0.2, -0.15) is 9.47 Å². The average molecular weight is 299 g/mol. The van der Waals surface area contributed by atoms with Gasteiger partial charge in [-0.05, 0) is 24.3 Å². The molecule has 0 radical (unpaired) electrons. The zero-order chi connectivity index (χ0) is 15.9. The van der Waals surface area contributed by atoms with E-state index in [0.717, 1.165) is 4.73 Å². The zero-order valence-electron chi connectivity index (χ0n) is 11.7. The minimum Gasteiger partial charge on any atom is -0.619 e. The van der Waals surface area contributed by atoms with Crippen LogP contribution < -0.4 is 4.74 Å². The molecule has 3 aromatic rings. The zero-order valence-corrected chi connectivity index (χ0v) is 11.7. The molecule has 112 valence electrons. The molecule has 3 rings (SSSR count). The molecule has 2 N–H and O–H groups in total. The summed E-state index contributed by atoms with van der Waals surface area (Å²) in [5, 5.41) is 31.2. The quantitative estimate of drug-likeness (QED) is 0.255. The fraction of sp³-hybridized carbons (Fsp3) is 0.0667. The van der Waals surface area contributed by atoms with E-state index in [1.54, 1.807) is 24.3 Å². The number of nitrogens with zero attached hydrogens (tertiary/aromatic N) is 3. The Bertz CT molecular complexity index is 886. The predicted octanol–water partition coefficient (Wildman–Crippen LogP) is 2.50. The number of ether oxygens (including phenoxy) is 1. The number of fused-ring (bicyclic) bond motifs is 1. The van der Waals surface area contributed by atoms with Gasteiger partial charge in [0.05, 0.1) is 12.6 Å². The van der Waals surface area contributed by atoms with Crippen molar-refractivity contribution in [3.8, 4) is 22.9 Å². The number of phenols is 1. The van der Waals surface area contributed by atoms with Gasteiger partial charge in [0.1, 0.15) is 12.2 Å². The number of aromatic hydroxyl groups is 1. The fourth-order valence-electron chi connectivity index (χ4n) is 2.21. The molecule has 7 nitrogen and oxygen atoms in total. The topological polar surface area (TPSA) is 93.6 Å². The van der Waals surface area contributed by atoms with E-state index in [1.807, 2.05) is 0 Å². The van der Waals surface area contributed by atoms with E-state index >= 15 is 0 Å². The van der Waals surface area contributed by atoms with Crippen molar-refractivity contribution in [1.82, 2.24) is 9.71 Å². The van der Waals surface area contributed by atoms with Crippen molar-refractivity contribution in [2.24, 2.45) is 0 Å². The van der Waals surface area contributed by atoms with Gasteiger partial charge >= 0.3 is 0 Å². The first kappa shape index (κ1) is 13.7. The van der Waals surface area contributed by atoms with Crippen LogP contribution in [-0.4, -0.2) is 38.6 Å².